The molecule has 1 N–H and O–H groups in total. The number of imidazole rings is 1. The van der Waals surface area contributed by atoms with Crippen molar-refractivity contribution >= 4 is 38.8 Å². The molecular formula is C26H26ClN3O4S. The number of carbonyl (C=O) groups excluding carboxylic acids is 1. The van der Waals surface area contributed by atoms with Crippen LogP contribution < -0.4 is 4.72 Å². The maximum Gasteiger partial charge on any atom is 0.421 e. The lowest BCUT2D eigenvalue weighted by molar-refractivity contribution is 0.154. The number of nitrogens with one attached hydrogen (secondary N) is 1. The summed E-state index contributed by atoms with van der Waals surface area (Å²) in [6.45, 7) is 5.91. The van der Waals surface area contributed by atoms with Crippen LogP contribution in [-0.2, 0) is 27.6 Å². The molecule has 4 rings (SSSR count). The lowest BCUT2D eigenvalue weighted by atomic mass is 10.1. The molecule has 0 bridgehead atoms. The van der Waals surface area contributed by atoms with Gasteiger partial charge >= 0.3 is 6.09 Å². The summed E-state index contributed by atoms with van der Waals surface area (Å²) in [4.78, 5) is 16.8. The van der Waals surface area contributed by atoms with Gasteiger partial charge in [0.2, 0.25) is 0 Å². The Hall–Kier alpha value is -3.36. The second-order valence-electron chi connectivity index (χ2n) is 8.28. The zero-order valence-corrected chi connectivity index (χ0v) is 21.3. The number of hydrogen-bond donors (Lipinski definition) is 1. The fourth-order valence-corrected chi connectivity index (χ4v) is 4.82. The highest BCUT2D eigenvalue weighted by atomic mass is 35.5. The molecule has 35 heavy (non-hydrogen) atoms. The fraction of sp³-hybridized carbons (Fsp3) is 0.231. The number of aryl methyl sites for hydroxylation is 3. The second kappa shape index (κ2) is 10.1. The van der Waals surface area contributed by atoms with Gasteiger partial charge in [0.05, 0.1) is 22.5 Å². The van der Waals surface area contributed by atoms with Gasteiger partial charge in [-0.05, 0) is 61.4 Å². The molecule has 0 aliphatic carbocycles. The molecule has 0 atom stereocenters. The molecule has 7 nitrogen and oxygen atoms in total. The van der Waals surface area contributed by atoms with Crippen molar-refractivity contribution in [3.05, 3.63) is 88.2 Å². The number of carbonyl (C=O) groups is 1. The smallest absolute Gasteiger partial charge is 0.421 e. The van der Waals surface area contributed by atoms with Gasteiger partial charge in [-0.25, -0.2) is 22.9 Å². The minimum Gasteiger partial charge on any atom is -0.448 e. The summed E-state index contributed by atoms with van der Waals surface area (Å²) in [5.74, 6) is 0.934. The Morgan fingerprint density at radius 1 is 1.06 bits per heavy atom. The number of benzene rings is 3. The van der Waals surface area contributed by atoms with Crippen molar-refractivity contribution < 1.29 is 17.9 Å². The number of aromatic nitrogens is 2. The molecule has 0 fully saturated rings. The number of hydrogen-bond acceptors (Lipinski definition) is 5. The second-order valence-corrected chi connectivity index (χ2v) is 10.4. The van der Waals surface area contributed by atoms with Crippen LogP contribution in [0, 0.1) is 13.8 Å². The summed E-state index contributed by atoms with van der Waals surface area (Å²) in [7, 11) is -3.98. The molecule has 0 saturated carbocycles. The van der Waals surface area contributed by atoms with E-state index in [0.717, 1.165) is 45.7 Å². The van der Waals surface area contributed by atoms with E-state index in [4.69, 9.17) is 21.3 Å². The zero-order chi connectivity index (χ0) is 25.2. The van der Waals surface area contributed by atoms with E-state index in [2.05, 4.69) is 11.5 Å². The molecule has 3 aromatic carbocycles. The predicted molar refractivity (Wildman–Crippen MR) is 137 cm³/mol. The summed E-state index contributed by atoms with van der Waals surface area (Å²) in [5.41, 5.74) is 5.64. The number of halogens is 1. The van der Waals surface area contributed by atoms with Crippen LogP contribution in [0.5, 0.6) is 0 Å². The van der Waals surface area contributed by atoms with E-state index in [0.29, 0.717) is 11.4 Å². The number of fused-ring (bicyclic) bond motifs is 1. The lowest BCUT2D eigenvalue weighted by Crippen LogP contribution is -2.31. The van der Waals surface area contributed by atoms with E-state index in [9.17, 15) is 13.2 Å². The van der Waals surface area contributed by atoms with Crippen molar-refractivity contribution in [2.24, 2.45) is 0 Å². The first-order valence-corrected chi connectivity index (χ1v) is 13.1. The van der Waals surface area contributed by atoms with Gasteiger partial charge < -0.3 is 4.74 Å². The number of ether oxygens (including phenoxy) is 1. The van der Waals surface area contributed by atoms with Gasteiger partial charge in [-0.2, -0.15) is 0 Å². The van der Waals surface area contributed by atoms with E-state index in [1.165, 1.54) is 12.1 Å². The number of amides is 1. The van der Waals surface area contributed by atoms with Crippen LogP contribution in [0.15, 0.2) is 65.6 Å². The molecule has 0 saturated heterocycles. The van der Waals surface area contributed by atoms with Crippen molar-refractivity contribution in [3.8, 4) is 5.69 Å². The lowest BCUT2D eigenvalue weighted by Gasteiger charge is -2.11. The molecule has 0 spiro atoms. The largest absolute Gasteiger partial charge is 0.448 e. The summed E-state index contributed by atoms with van der Waals surface area (Å²) in [6, 6.07) is 18.0. The molecule has 1 heterocycles. The van der Waals surface area contributed by atoms with Crippen LogP contribution in [0.2, 0.25) is 5.02 Å². The molecule has 9 heteroatoms. The van der Waals surface area contributed by atoms with Crippen LogP contribution in [0.4, 0.5) is 4.79 Å². The maximum absolute atomic E-state index is 12.3. The first-order valence-electron chi connectivity index (χ1n) is 11.2. The molecule has 4 aromatic rings. The Morgan fingerprint density at radius 3 is 2.40 bits per heavy atom. The topological polar surface area (TPSA) is 90.3 Å². The van der Waals surface area contributed by atoms with Gasteiger partial charge in [0, 0.05) is 23.6 Å². The van der Waals surface area contributed by atoms with E-state index >= 15 is 0 Å². The van der Waals surface area contributed by atoms with Crippen molar-refractivity contribution in [1.29, 1.82) is 0 Å². The molecule has 1 aromatic heterocycles. The van der Waals surface area contributed by atoms with Crippen LogP contribution in [0.1, 0.15) is 29.4 Å². The molecular weight excluding hydrogens is 486 g/mol. The number of sulfonamides is 1. The Balaban J connectivity index is 1.40. The third-order valence-corrected chi connectivity index (χ3v) is 7.42. The van der Waals surface area contributed by atoms with Gasteiger partial charge in [0.25, 0.3) is 10.0 Å². The summed E-state index contributed by atoms with van der Waals surface area (Å²) >= 11 is 6.36. The quantitative estimate of drug-likeness (QED) is 0.353. The van der Waals surface area contributed by atoms with Crippen molar-refractivity contribution in [2.75, 3.05) is 6.61 Å². The average Bonchev–Trinajstić information content (AvgIpc) is 3.17. The van der Waals surface area contributed by atoms with Gasteiger partial charge in [-0.3, -0.25) is 4.57 Å². The maximum atomic E-state index is 12.3. The van der Waals surface area contributed by atoms with E-state index in [-0.39, 0.29) is 11.5 Å². The highest BCUT2D eigenvalue weighted by molar-refractivity contribution is 7.90. The van der Waals surface area contributed by atoms with Gasteiger partial charge in [0.1, 0.15) is 5.82 Å². The molecule has 0 aliphatic heterocycles. The van der Waals surface area contributed by atoms with E-state index < -0.39 is 16.1 Å². The van der Waals surface area contributed by atoms with Crippen molar-refractivity contribution in [2.45, 2.75) is 38.5 Å². The molecule has 1 amide bonds. The average molecular weight is 512 g/mol. The third kappa shape index (κ3) is 5.49. The van der Waals surface area contributed by atoms with Gasteiger partial charge in [-0.1, -0.05) is 48.4 Å². The first-order chi connectivity index (χ1) is 16.7. The van der Waals surface area contributed by atoms with Crippen LogP contribution in [-0.4, -0.2) is 30.7 Å². The van der Waals surface area contributed by atoms with E-state index in [1.54, 1.807) is 12.1 Å². The minimum absolute atomic E-state index is 0.00515. The van der Waals surface area contributed by atoms with Crippen molar-refractivity contribution in [3.63, 3.8) is 0 Å². The Kier molecular flexibility index (Phi) is 7.14. The minimum atomic E-state index is -3.98. The SMILES string of the molecule is CCc1nc2cc(C)c(Cl)cc2n1-c1ccc(CCOC(=O)NS(=O)(=O)c2ccc(C)cc2)cc1. The molecule has 0 unspecified atom stereocenters. The van der Waals surface area contributed by atoms with E-state index in [1.807, 2.05) is 55.0 Å². The zero-order valence-electron chi connectivity index (χ0n) is 19.7. The van der Waals surface area contributed by atoms with Crippen LogP contribution >= 0.6 is 11.6 Å². The summed E-state index contributed by atoms with van der Waals surface area (Å²) in [5, 5.41) is 0.692. The van der Waals surface area contributed by atoms with Gasteiger partial charge in [-0.15, -0.1) is 0 Å². The van der Waals surface area contributed by atoms with Gasteiger partial charge in [0.15, 0.2) is 0 Å². The van der Waals surface area contributed by atoms with Crippen molar-refractivity contribution in [1.82, 2.24) is 14.3 Å². The normalized spacial score (nSPS) is 11.5. The molecule has 182 valence electrons. The predicted octanol–water partition coefficient (Wildman–Crippen LogP) is 5.52. The monoisotopic (exact) mass is 511 g/mol. The number of rotatable bonds is 7. The van der Waals surface area contributed by atoms with Crippen LogP contribution in [0.25, 0.3) is 16.7 Å². The van der Waals surface area contributed by atoms with Crippen LogP contribution in [0.3, 0.4) is 0 Å². The number of nitrogens with zero attached hydrogens (tertiary/aromatic N) is 2. The summed E-state index contributed by atoms with van der Waals surface area (Å²) < 4.78 is 33.7. The molecule has 0 aliphatic rings. The third-order valence-electron chi connectivity index (χ3n) is 5.69. The molecule has 0 radical (unpaired) electrons. The highest BCUT2D eigenvalue weighted by Crippen LogP contribution is 2.27. The Morgan fingerprint density at radius 2 is 1.74 bits per heavy atom. The Bertz CT molecular complexity index is 1480. The fourth-order valence-electron chi connectivity index (χ4n) is 3.77. The summed E-state index contributed by atoms with van der Waals surface area (Å²) in [6.07, 6.45) is 0.197. The standard InChI is InChI=1S/C26H26ClN3O4S/c1-4-25-28-23-15-18(3)22(27)16-24(23)30(25)20-9-7-19(8-10-20)13-14-34-26(31)29-35(32,33)21-11-5-17(2)6-12-21/h5-12,15-16H,4,13-14H2,1-3H3,(H,29,31). The first kappa shape index (κ1) is 24.8. The Labute approximate surface area is 209 Å². The highest BCUT2D eigenvalue weighted by Gasteiger charge is 2.18.